The van der Waals surface area contributed by atoms with Crippen LogP contribution in [0.25, 0.3) is 0 Å². The van der Waals surface area contributed by atoms with Gasteiger partial charge >= 0.3 is 0 Å². The fourth-order valence-corrected chi connectivity index (χ4v) is 3.85. The van der Waals surface area contributed by atoms with Crippen LogP contribution in [0.4, 0.5) is 0 Å². The molecule has 1 heterocycles. The lowest BCUT2D eigenvalue weighted by molar-refractivity contribution is -0.146. The van der Waals surface area contributed by atoms with Crippen molar-refractivity contribution in [1.82, 2.24) is 4.90 Å². The van der Waals surface area contributed by atoms with Gasteiger partial charge in [-0.25, -0.2) is 0 Å². The number of amides is 2. The summed E-state index contributed by atoms with van der Waals surface area (Å²) in [6.07, 6.45) is 23.1. The van der Waals surface area contributed by atoms with Gasteiger partial charge in [0.1, 0.15) is 0 Å². The maximum atomic E-state index is 12.0. The van der Waals surface area contributed by atoms with E-state index in [1.807, 2.05) is 0 Å². The molecule has 1 rings (SSSR count). The summed E-state index contributed by atoms with van der Waals surface area (Å²) in [4.78, 5) is 25.2. The van der Waals surface area contributed by atoms with Gasteiger partial charge in [0.2, 0.25) is 11.8 Å². The summed E-state index contributed by atoms with van der Waals surface area (Å²) in [6.45, 7) is 2.92. The fourth-order valence-electron chi connectivity index (χ4n) is 3.85. The summed E-state index contributed by atoms with van der Waals surface area (Å²) in [5.41, 5.74) is 0. The van der Waals surface area contributed by atoms with E-state index in [9.17, 15) is 9.59 Å². The predicted molar refractivity (Wildman–Crippen MR) is 110 cm³/mol. The summed E-state index contributed by atoms with van der Waals surface area (Å²) >= 11 is 0. The first kappa shape index (κ1) is 23.2. The molecular weight excluding hydrogens is 322 g/mol. The lowest BCUT2D eigenvalue weighted by Gasteiger charge is -2.24. The molecule has 0 aromatic heterocycles. The first-order valence-corrected chi connectivity index (χ1v) is 11.6. The second-order valence-corrected chi connectivity index (χ2v) is 8.10. The second kappa shape index (κ2) is 16.3. The number of rotatable bonds is 16. The molecule has 1 fully saturated rings. The zero-order chi connectivity index (χ0) is 18.9. The summed E-state index contributed by atoms with van der Waals surface area (Å²) in [5, 5.41) is 0. The molecular formula is C23H43NO2. The number of hydrogen-bond acceptors (Lipinski definition) is 2. The molecule has 0 N–H and O–H groups in total. The third-order valence-corrected chi connectivity index (χ3v) is 5.62. The summed E-state index contributed by atoms with van der Waals surface area (Å²) in [7, 11) is 0. The molecule has 0 aromatic rings. The van der Waals surface area contributed by atoms with Crippen LogP contribution in [-0.2, 0) is 9.59 Å². The number of carbonyl (C=O) groups is 2. The smallest absolute Gasteiger partial charge is 0.229 e. The van der Waals surface area contributed by atoms with E-state index in [4.69, 9.17) is 0 Å². The van der Waals surface area contributed by atoms with Gasteiger partial charge in [0.15, 0.2) is 0 Å². The van der Waals surface area contributed by atoms with E-state index in [1.54, 1.807) is 0 Å². The van der Waals surface area contributed by atoms with E-state index in [-0.39, 0.29) is 11.8 Å². The molecule has 0 unspecified atom stereocenters. The molecule has 1 saturated heterocycles. The van der Waals surface area contributed by atoms with E-state index < -0.39 is 0 Å². The molecule has 152 valence electrons. The first-order chi connectivity index (χ1) is 12.8. The SMILES string of the molecule is CCCCCCCCCCCCCCCCCC(=O)N1CCCCC1=O. The van der Waals surface area contributed by atoms with Crippen molar-refractivity contribution in [2.75, 3.05) is 6.54 Å². The molecule has 26 heavy (non-hydrogen) atoms. The number of carbonyl (C=O) groups excluding carboxylic acids is 2. The molecule has 0 radical (unpaired) electrons. The summed E-state index contributed by atoms with van der Waals surface area (Å²) < 4.78 is 0. The molecule has 0 saturated carbocycles. The van der Waals surface area contributed by atoms with Gasteiger partial charge in [0, 0.05) is 19.4 Å². The first-order valence-electron chi connectivity index (χ1n) is 11.6. The lowest BCUT2D eigenvalue weighted by atomic mass is 10.0. The van der Waals surface area contributed by atoms with E-state index in [1.165, 1.54) is 88.4 Å². The molecule has 0 aliphatic carbocycles. The topological polar surface area (TPSA) is 37.4 Å². The van der Waals surface area contributed by atoms with E-state index in [0.717, 1.165) is 25.7 Å². The zero-order valence-electron chi connectivity index (χ0n) is 17.4. The number of imide groups is 1. The Morgan fingerprint density at radius 3 is 1.65 bits per heavy atom. The van der Waals surface area contributed by atoms with Crippen molar-refractivity contribution in [3.63, 3.8) is 0 Å². The minimum atomic E-state index is 0.0437. The Hall–Kier alpha value is -0.860. The average Bonchev–Trinajstić information content (AvgIpc) is 2.65. The number of hydrogen-bond donors (Lipinski definition) is 0. The largest absolute Gasteiger partial charge is 0.283 e. The highest BCUT2D eigenvalue weighted by molar-refractivity contribution is 5.95. The maximum Gasteiger partial charge on any atom is 0.229 e. The molecule has 0 spiro atoms. The number of unbranched alkanes of at least 4 members (excludes halogenated alkanes) is 14. The maximum absolute atomic E-state index is 12.0. The Kier molecular flexibility index (Phi) is 14.6. The van der Waals surface area contributed by atoms with Gasteiger partial charge < -0.3 is 0 Å². The van der Waals surface area contributed by atoms with Crippen LogP contribution < -0.4 is 0 Å². The third kappa shape index (κ3) is 11.7. The second-order valence-electron chi connectivity index (χ2n) is 8.10. The number of likely N-dealkylation sites (tertiary alicyclic amines) is 1. The van der Waals surface area contributed by atoms with Crippen molar-refractivity contribution >= 4 is 11.8 Å². The molecule has 2 amide bonds. The zero-order valence-corrected chi connectivity index (χ0v) is 17.4. The van der Waals surface area contributed by atoms with Gasteiger partial charge in [0.25, 0.3) is 0 Å². The van der Waals surface area contributed by atoms with Crippen LogP contribution in [-0.4, -0.2) is 23.3 Å². The summed E-state index contributed by atoms with van der Waals surface area (Å²) in [5.74, 6) is 0.103. The minimum Gasteiger partial charge on any atom is -0.283 e. The van der Waals surface area contributed by atoms with Crippen LogP contribution in [0, 0.1) is 0 Å². The predicted octanol–water partition coefficient (Wildman–Crippen LogP) is 6.79. The lowest BCUT2D eigenvalue weighted by Crippen LogP contribution is -2.40. The van der Waals surface area contributed by atoms with Gasteiger partial charge in [-0.1, -0.05) is 96.8 Å². The van der Waals surface area contributed by atoms with Crippen LogP contribution in [0.2, 0.25) is 0 Å². The normalized spacial score (nSPS) is 14.8. The monoisotopic (exact) mass is 365 g/mol. The van der Waals surface area contributed by atoms with Gasteiger partial charge in [-0.05, 0) is 19.3 Å². The highest BCUT2D eigenvalue weighted by Gasteiger charge is 2.23. The van der Waals surface area contributed by atoms with Gasteiger partial charge in [0.05, 0.1) is 0 Å². The van der Waals surface area contributed by atoms with Crippen molar-refractivity contribution < 1.29 is 9.59 Å². The van der Waals surface area contributed by atoms with Crippen molar-refractivity contribution in [2.45, 2.75) is 129 Å². The third-order valence-electron chi connectivity index (χ3n) is 5.62. The molecule has 0 bridgehead atoms. The van der Waals surface area contributed by atoms with Crippen molar-refractivity contribution in [1.29, 1.82) is 0 Å². The molecule has 0 atom stereocenters. The highest BCUT2D eigenvalue weighted by atomic mass is 16.2. The van der Waals surface area contributed by atoms with Crippen LogP contribution in [0.3, 0.4) is 0 Å². The molecule has 0 aromatic carbocycles. The van der Waals surface area contributed by atoms with Gasteiger partial charge in [-0.3, -0.25) is 14.5 Å². The number of nitrogens with zero attached hydrogens (tertiary/aromatic N) is 1. The molecule has 3 nitrogen and oxygen atoms in total. The standard InChI is InChI=1S/C23H43NO2/c1-2-3-4-5-6-7-8-9-10-11-12-13-14-15-16-19-22(25)24-21-18-17-20-23(24)26/h2-21H2,1H3. The van der Waals surface area contributed by atoms with Crippen molar-refractivity contribution in [3.8, 4) is 0 Å². The van der Waals surface area contributed by atoms with E-state index >= 15 is 0 Å². The fraction of sp³-hybridized carbons (Fsp3) is 0.913. The van der Waals surface area contributed by atoms with E-state index in [2.05, 4.69) is 6.92 Å². The molecule has 1 aliphatic heterocycles. The van der Waals surface area contributed by atoms with Crippen molar-refractivity contribution in [2.24, 2.45) is 0 Å². The van der Waals surface area contributed by atoms with Crippen LogP contribution in [0.15, 0.2) is 0 Å². The Morgan fingerprint density at radius 1 is 0.731 bits per heavy atom. The minimum absolute atomic E-state index is 0.0437. The van der Waals surface area contributed by atoms with Crippen molar-refractivity contribution in [3.05, 3.63) is 0 Å². The molecule has 1 aliphatic rings. The Bertz CT molecular complexity index is 367. The van der Waals surface area contributed by atoms with E-state index in [0.29, 0.717) is 19.4 Å². The highest BCUT2D eigenvalue weighted by Crippen LogP contribution is 2.15. The van der Waals surface area contributed by atoms with Gasteiger partial charge in [-0.2, -0.15) is 0 Å². The quantitative estimate of drug-likeness (QED) is 0.282. The van der Waals surface area contributed by atoms with Crippen LogP contribution in [0.1, 0.15) is 129 Å². The Labute approximate surface area is 162 Å². The Balaban J connectivity index is 1.79. The van der Waals surface area contributed by atoms with Crippen LogP contribution >= 0.6 is 0 Å². The average molecular weight is 366 g/mol. The Morgan fingerprint density at radius 2 is 1.19 bits per heavy atom. The molecule has 3 heteroatoms. The van der Waals surface area contributed by atoms with Gasteiger partial charge in [-0.15, -0.1) is 0 Å². The number of piperidine rings is 1. The van der Waals surface area contributed by atoms with Crippen LogP contribution in [0.5, 0.6) is 0 Å². The summed E-state index contributed by atoms with van der Waals surface area (Å²) in [6, 6.07) is 0.